The number of amides is 2. The highest BCUT2D eigenvalue weighted by Crippen LogP contribution is 2.36. The molecule has 2 aromatic rings. The summed E-state index contributed by atoms with van der Waals surface area (Å²) < 4.78 is 5.40. The molecule has 7 heteroatoms. The third-order valence-electron chi connectivity index (χ3n) is 5.09. The van der Waals surface area contributed by atoms with Crippen LogP contribution in [0.1, 0.15) is 25.3 Å². The minimum Gasteiger partial charge on any atom is -0.452 e. The quantitative estimate of drug-likeness (QED) is 0.782. The number of carbonyl (C=O) groups excluding carboxylic acids is 3. The van der Waals surface area contributed by atoms with Gasteiger partial charge in [-0.2, -0.15) is 0 Å². The predicted octanol–water partition coefficient (Wildman–Crippen LogP) is 3.40. The second-order valence-electron chi connectivity index (χ2n) is 7.15. The van der Waals surface area contributed by atoms with Gasteiger partial charge in [-0.1, -0.05) is 30.3 Å². The van der Waals surface area contributed by atoms with Crippen LogP contribution in [0.15, 0.2) is 53.4 Å². The number of rotatable bonds is 4. The van der Waals surface area contributed by atoms with E-state index < -0.39 is 17.3 Å². The summed E-state index contributed by atoms with van der Waals surface area (Å²) in [6.07, 6.45) is 0.822. The average Bonchev–Trinajstić information content (AvgIpc) is 2.73. The van der Waals surface area contributed by atoms with Gasteiger partial charge >= 0.3 is 5.97 Å². The Balaban J connectivity index is 1.38. The Labute approximate surface area is 173 Å². The molecular weight excluding hydrogens is 388 g/mol. The first-order chi connectivity index (χ1) is 14.0. The van der Waals surface area contributed by atoms with E-state index in [-0.39, 0.29) is 18.2 Å². The fourth-order valence-electron chi connectivity index (χ4n) is 3.66. The van der Waals surface area contributed by atoms with Crippen molar-refractivity contribution in [2.75, 3.05) is 16.8 Å². The number of esters is 1. The second-order valence-corrected chi connectivity index (χ2v) is 8.39. The van der Waals surface area contributed by atoms with Crippen molar-refractivity contribution < 1.29 is 19.1 Å². The van der Waals surface area contributed by atoms with Crippen LogP contribution < -0.4 is 10.2 Å². The molecule has 0 spiro atoms. The maximum atomic E-state index is 12.9. The van der Waals surface area contributed by atoms with Crippen LogP contribution in [0.4, 0.5) is 11.4 Å². The molecule has 2 aliphatic rings. The molecule has 2 heterocycles. The third kappa shape index (κ3) is 4.15. The van der Waals surface area contributed by atoms with Crippen LogP contribution in [0.3, 0.4) is 0 Å². The summed E-state index contributed by atoms with van der Waals surface area (Å²) in [5.74, 6) is -1.02. The number of nitrogens with zero attached hydrogens (tertiary/aromatic N) is 1. The Kier molecular flexibility index (Phi) is 5.58. The highest BCUT2D eigenvalue weighted by atomic mass is 32.2. The number of hydrogen-bond donors (Lipinski definition) is 1. The van der Waals surface area contributed by atoms with E-state index in [2.05, 4.69) is 5.32 Å². The minimum atomic E-state index is -0.905. The standard InChI is InChI=1S/C22H22N2O4S/c1-14(22(27)24-12-6-8-15-7-2-4-10-17(15)24)28-20(25)13-19-21(26)23-16-9-3-5-11-18(16)29-19/h2-5,7,9-11,14,19H,6,8,12-13H2,1H3,(H,23,26)/t14-,19+/m0/s1. The molecule has 0 fully saturated rings. The maximum absolute atomic E-state index is 12.9. The monoisotopic (exact) mass is 410 g/mol. The third-order valence-corrected chi connectivity index (χ3v) is 6.37. The average molecular weight is 410 g/mol. The Morgan fingerprint density at radius 3 is 2.83 bits per heavy atom. The van der Waals surface area contributed by atoms with Crippen LogP contribution >= 0.6 is 11.8 Å². The Morgan fingerprint density at radius 2 is 1.97 bits per heavy atom. The number of aryl methyl sites for hydroxylation is 1. The van der Waals surface area contributed by atoms with Gasteiger partial charge in [-0.15, -0.1) is 11.8 Å². The summed E-state index contributed by atoms with van der Waals surface area (Å²) in [7, 11) is 0. The van der Waals surface area contributed by atoms with Crippen LogP contribution in [0.2, 0.25) is 0 Å². The molecule has 0 aromatic heterocycles. The molecule has 4 rings (SSSR count). The van der Waals surface area contributed by atoms with Gasteiger partial charge in [0.25, 0.3) is 5.91 Å². The van der Waals surface area contributed by atoms with Gasteiger partial charge in [-0.05, 0) is 43.5 Å². The second kappa shape index (κ2) is 8.29. The van der Waals surface area contributed by atoms with Crippen LogP contribution in [0.25, 0.3) is 0 Å². The van der Waals surface area contributed by atoms with Gasteiger partial charge in [0.05, 0.1) is 17.4 Å². The van der Waals surface area contributed by atoms with E-state index in [1.54, 1.807) is 11.8 Å². The van der Waals surface area contributed by atoms with Crippen molar-refractivity contribution in [3.8, 4) is 0 Å². The number of nitrogens with one attached hydrogen (secondary N) is 1. The molecule has 0 unspecified atom stereocenters. The first-order valence-electron chi connectivity index (χ1n) is 9.68. The van der Waals surface area contributed by atoms with Gasteiger partial charge in [-0.3, -0.25) is 14.4 Å². The van der Waals surface area contributed by atoms with Crippen LogP contribution in [0.5, 0.6) is 0 Å². The molecule has 0 saturated carbocycles. The summed E-state index contributed by atoms with van der Waals surface area (Å²) in [6.45, 7) is 2.19. The zero-order valence-electron chi connectivity index (χ0n) is 16.1. The fraction of sp³-hybridized carbons (Fsp3) is 0.318. The van der Waals surface area contributed by atoms with E-state index >= 15 is 0 Å². The van der Waals surface area contributed by atoms with Crippen molar-refractivity contribution in [2.24, 2.45) is 0 Å². The van der Waals surface area contributed by atoms with Gasteiger partial charge in [-0.25, -0.2) is 0 Å². The molecule has 2 atom stereocenters. The van der Waals surface area contributed by atoms with E-state index in [1.165, 1.54) is 11.8 Å². The van der Waals surface area contributed by atoms with E-state index in [9.17, 15) is 14.4 Å². The lowest BCUT2D eigenvalue weighted by molar-refractivity contribution is -0.154. The van der Waals surface area contributed by atoms with Crippen molar-refractivity contribution in [3.05, 3.63) is 54.1 Å². The van der Waals surface area contributed by atoms with Crippen LogP contribution in [-0.4, -0.2) is 35.7 Å². The summed E-state index contributed by atoms with van der Waals surface area (Å²) in [5.41, 5.74) is 2.75. The van der Waals surface area contributed by atoms with Crippen molar-refractivity contribution in [1.29, 1.82) is 0 Å². The van der Waals surface area contributed by atoms with Crippen LogP contribution in [-0.2, 0) is 25.5 Å². The molecule has 150 valence electrons. The van der Waals surface area contributed by atoms with Gasteiger partial charge in [0.15, 0.2) is 6.10 Å². The number of carbonyl (C=O) groups is 3. The zero-order valence-corrected chi connectivity index (χ0v) is 16.9. The number of benzene rings is 2. The molecule has 2 amide bonds. The Bertz CT molecular complexity index is 961. The van der Waals surface area contributed by atoms with E-state index in [0.29, 0.717) is 6.54 Å². The lowest BCUT2D eigenvalue weighted by Crippen LogP contribution is -2.43. The molecule has 1 N–H and O–H groups in total. The van der Waals surface area contributed by atoms with E-state index in [0.717, 1.165) is 34.7 Å². The summed E-state index contributed by atoms with van der Waals surface area (Å²) in [6, 6.07) is 15.3. The van der Waals surface area contributed by atoms with Crippen molar-refractivity contribution in [2.45, 2.75) is 42.4 Å². The first-order valence-corrected chi connectivity index (χ1v) is 10.6. The number of fused-ring (bicyclic) bond motifs is 2. The first kappa shape index (κ1) is 19.5. The number of anilines is 2. The molecule has 2 aromatic carbocycles. The molecule has 2 aliphatic heterocycles. The lowest BCUT2D eigenvalue weighted by atomic mass is 10.0. The number of para-hydroxylation sites is 2. The summed E-state index contributed by atoms with van der Waals surface area (Å²) in [4.78, 5) is 40.2. The van der Waals surface area contributed by atoms with Crippen molar-refractivity contribution >= 4 is 40.9 Å². The van der Waals surface area contributed by atoms with Crippen LogP contribution in [0, 0.1) is 0 Å². The molecule has 0 radical (unpaired) electrons. The van der Waals surface area contributed by atoms with Gasteiger partial charge in [0.1, 0.15) is 0 Å². The summed E-state index contributed by atoms with van der Waals surface area (Å²) in [5, 5.41) is 2.24. The topological polar surface area (TPSA) is 75.7 Å². The van der Waals surface area contributed by atoms with E-state index in [1.807, 2.05) is 48.5 Å². The highest BCUT2D eigenvalue weighted by Gasteiger charge is 2.32. The Morgan fingerprint density at radius 1 is 1.21 bits per heavy atom. The van der Waals surface area contributed by atoms with Gasteiger partial charge in [0, 0.05) is 17.1 Å². The largest absolute Gasteiger partial charge is 0.452 e. The SMILES string of the molecule is C[C@H](OC(=O)C[C@H]1Sc2ccccc2NC1=O)C(=O)N1CCCc2ccccc21. The number of ether oxygens (including phenoxy) is 1. The van der Waals surface area contributed by atoms with Crippen molar-refractivity contribution in [1.82, 2.24) is 0 Å². The molecular formula is C22H22N2O4S. The van der Waals surface area contributed by atoms with Gasteiger partial charge in [0.2, 0.25) is 5.91 Å². The minimum absolute atomic E-state index is 0.0843. The molecule has 0 saturated heterocycles. The fourth-order valence-corrected chi connectivity index (χ4v) is 4.75. The smallest absolute Gasteiger partial charge is 0.308 e. The number of hydrogen-bond acceptors (Lipinski definition) is 5. The molecule has 6 nitrogen and oxygen atoms in total. The lowest BCUT2D eigenvalue weighted by Gasteiger charge is -2.31. The van der Waals surface area contributed by atoms with Crippen molar-refractivity contribution in [3.63, 3.8) is 0 Å². The zero-order chi connectivity index (χ0) is 20.4. The molecule has 0 bridgehead atoms. The highest BCUT2D eigenvalue weighted by molar-refractivity contribution is 8.01. The molecule has 29 heavy (non-hydrogen) atoms. The Hall–Kier alpha value is -2.80. The maximum Gasteiger partial charge on any atom is 0.308 e. The predicted molar refractivity (Wildman–Crippen MR) is 112 cm³/mol. The summed E-state index contributed by atoms with van der Waals surface area (Å²) >= 11 is 1.34. The van der Waals surface area contributed by atoms with Gasteiger partial charge < -0.3 is 15.0 Å². The molecule has 0 aliphatic carbocycles. The van der Waals surface area contributed by atoms with E-state index in [4.69, 9.17) is 4.74 Å². The number of thioether (sulfide) groups is 1. The normalized spacial score (nSPS) is 18.9.